The van der Waals surface area contributed by atoms with Crippen molar-refractivity contribution in [2.75, 3.05) is 14.1 Å². The number of carbonyl (C=O) groups is 2. The van der Waals surface area contributed by atoms with Gasteiger partial charge in [0.25, 0.3) is 0 Å². The Morgan fingerprint density at radius 3 is 2.11 bits per heavy atom. The average molecular weight is 262 g/mol. The summed E-state index contributed by atoms with van der Waals surface area (Å²) < 4.78 is 0. The molecular weight excluding hydrogens is 248 g/mol. The minimum Gasteiger partial charge on any atom is -0.478 e. The van der Waals surface area contributed by atoms with Gasteiger partial charge in [-0.1, -0.05) is 0 Å². The Labute approximate surface area is 110 Å². The quantitative estimate of drug-likeness (QED) is 0.857. The summed E-state index contributed by atoms with van der Waals surface area (Å²) in [5.74, 6) is -2.14. The fraction of sp³-hybridized carbons (Fsp3) is 0.231. The van der Waals surface area contributed by atoms with Crippen molar-refractivity contribution in [3.05, 3.63) is 47.3 Å². The van der Waals surface area contributed by atoms with Crippen LogP contribution in [0.4, 0.5) is 0 Å². The van der Waals surface area contributed by atoms with Crippen LogP contribution in [0.3, 0.4) is 0 Å². The van der Waals surface area contributed by atoms with Crippen molar-refractivity contribution in [1.82, 2.24) is 9.80 Å². The number of carboxylic acids is 2. The third-order valence-electron chi connectivity index (χ3n) is 3.12. The molecule has 0 saturated heterocycles. The standard InChI is InChI=1S/C13H14N2O4/c1-14-5-6-15(2)11(14)10-7-8(12(16)17)3-4-9(10)13(18)19/h3-7,11H,1-2H3,(H,16,17)(H,18,19). The maximum absolute atomic E-state index is 11.3. The molecule has 1 heterocycles. The molecule has 2 rings (SSSR count). The number of nitrogens with zero attached hydrogens (tertiary/aromatic N) is 2. The molecular formula is C13H14N2O4. The van der Waals surface area contributed by atoms with Gasteiger partial charge >= 0.3 is 11.9 Å². The summed E-state index contributed by atoms with van der Waals surface area (Å²) >= 11 is 0. The Morgan fingerprint density at radius 1 is 1.05 bits per heavy atom. The van der Waals surface area contributed by atoms with Crippen LogP contribution in [0.25, 0.3) is 0 Å². The van der Waals surface area contributed by atoms with E-state index in [9.17, 15) is 14.7 Å². The fourth-order valence-electron chi connectivity index (χ4n) is 2.20. The number of benzene rings is 1. The number of hydrogen-bond donors (Lipinski definition) is 2. The van der Waals surface area contributed by atoms with E-state index in [1.807, 2.05) is 36.3 Å². The summed E-state index contributed by atoms with van der Waals surface area (Å²) in [6.45, 7) is 0. The second kappa shape index (κ2) is 4.64. The van der Waals surface area contributed by atoms with E-state index in [1.165, 1.54) is 18.2 Å². The van der Waals surface area contributed by atoms with Crippen molar-refractivity contribution in [3.8, 4) is 0 Å². The molecule has 0 aliphatic carbocycles. The van der Waals surface area contributed by atoms with Crippen LogP contribution in [0.15, 0.2) is 30.6 Å². The van der Waals surface area contributed by atoms with Crippen LogP contribution in [-0.2, 0) is 0 Å². The lowest BCUT2D eigenvalue weighted by Gasteiger charge is -2.29. The fourth-order valence-corrected chi connectivity index (χ4v) is 2.20. The van der Waals surface area contributed by atoms with Gasteiger partial charge < -0.3 is 20.0 Å². The van der Waals surface area contributed by atoms with E-state index in [1.54, 1.807) is 0 Å². The van der Waals surface area contributed by atoms with Gasteiger partial charge in [0.15, 0.2) is 0 Å². The van der Waals surface area contributed by atoms with Crippen LogP contribution >= 0.6 is 0 Å². The zero-order valence-corrected chi connectivity index (χ0v) is 10.6. The van der Waals surface area contributed by atoms with Crippen LogP contribution in [-0.4, -0.2) is 46.0 Å². The molecule has 1 aliphatic heterocycles. The van der Waals surface area contributed by atoms with Gasteiger partial charge in [-0.2, -0.15) is 0 Å². The van der Waals surface area contributed by atoms with E-state index < -0.39 is 11.9 Å². The lowest BCUT2D eigenvalue weighted by atomic mass is 10.0. The first-order chi connectivity index (χ1) is 8.91. The average Bonchev–Trinajstić information content (AvgIpc) is 2.68. The second-order valence-corrected chi connectivity index (χ2v) is 4.42. The third-order valence-corrected chi connectivity index (χ3v) is 3.12. The molecule has 6 heteroatoms. The van der Waals surface area contributed by atoms with E-state index >= 15 is 0 Å². The molecule has 100 valence electrons. The Bertz CT molecular complexity index is 556. The molecule has 1 aromatic carbocycles. The van der Waals surface area contributed by atoms with Gasteiger partial charge in [-0.3, -0.25) is 0 Å². The predicted octanol–water partition coefficient (Wildman–Crippen LogP) is 1.43. The highest BCUT2D eigenvalue weighted by Crippen LogP contribution is 2.31. The lowest BCUT2D eigenvalue weighted by Crippen LogP contribution is -2.27. The van der Waals surface area contributed by atoms with Gasteiger partial charge in [0, 0.05) is 32.1 Å². The first-order valence-corrected chi connectivity index (χ1v) is 5.64. The van der Waals surface area contributed by atoms with Gasteiger partial charge in [-0.15, -0.1) is 0 Å². The summed E-state index contributed by atoms with van der Waals surface area (Å²) in [6, 6.07) is 4.05. The molecule has 0 saturated carbocycles. The molecule has 1 aromatic rings. The van der Waals surface area contributed by atoms with Gasteiger partial charge in [0.2, 0.25) is 0 Å². The summed E-state index contributed by atoms with van der Waals surface area (Å²) in [6.07, 6.45) is 3.30. The van der Waals surface area contributed by atoms with Crippen molar-refractivity contribution >= 4 is 11.9 Å². The molecule has 0 aromatic heterocycles. The predicted molar refractivity (Wildman–Crippen MR) is 67.8 cm³/mol. The van der Waals surface area contributed by atoms with Gasteiger partial charge in [0.05, 0.1) is 11.1 Å². The summed E-state index contributed by atoms with van der Waals surface area (Å²) in [7, 11) is 3.62. The third kappa shape index (κ3) is 2.24. The highest BCUT2D eigenvalue weighted by Gasteiger charge is 2.27. The van der Waals surface area contributed by atoms with Crippen LogP contribution in [0.1, 0.15) is 32.4 Å². The number of rotatable bonds is 3. The smallest absolute Gasteiger partial charge is 0.336 e. The van der Waals surface area contributed by atoms with Crippen LogP contribution in [0.5, 0.6) is 0 Å². The molecule has 0 bridgehead atoms. The molecule has 0 unspecified atom stereocenters. The van der Waals surface area contributed by atoms with E-state index in [0.29, 0.717) is 5.56 Å². The van der Waals surface area contributed by atoms with E-state index in [2.05, 4.69) is 0 Å². The van der Waals surface area contributed by atoms with Crippen molar-refractivity contribution in [1.29, 1.82) is 0 Å². The molecule has 0 fully saturated rings. The highest BCUT2D eigenvalue weighted by molar-refractivity contribution is 5.93. The number of carboxylic acid groups (broad SMARTS) is 2. The zero-order chi connectivity index (χ0) is 14.2. The van der Waals surface area contributed by atoms with Crippen molar-refractivity contribution < 1.29 is 19.8 Å². The van der Waals surface area contributed by atoms with Gasteiger partial charge in [0.1, 0.15) is 6.17 Å². The molecule has 0 radical (unpaired) electrons. The van der Waals surface area contributed by atoms with Crippen molar-refractivity contribution in [2.24, 2.45) is 0 Å². The summed E-state index contributed by atoms with van der Waals surface area (Å²) in [5, 5.41) is 18.2. The zero-order valence-electron chi connectivity index (χ0n) is 10.6. The van der Waals surface area contributed by atoms with Gasteiger partial charge in [-0.25, -0.2) is 9.59 Å². The van der Waals surface area contributed by atoms with E-state index in [0.717, 1.165) is 0 Å². The summed E-state index contributed by atoms with van der Waals surface area (Å²) in [5.41, 5.74) is 0.647. The Hall–Kier alpha value is -2.50. The Kier molecular flexibility index (Phi) is 3.16. The maximum atomic E-state index is 11.3. The van der Waals surface area contributed by atoms with Crippen LogP contribution in [0, 0.1) is 0 Å². The number of hydrogen-bond acceptors (Lipinski definition) is 4. The van der Waals surface area contributed by atoms with E-state index in [-0.39, 0.29) is 17.3 Å². The molecule has 19 heavy (non-hydrogen) atoms. The summed E-state index contributed by atoms with van der Waals surface area (Å²) in [4.78, 5) is 25.9. The molecule has 0 atom stereocenters. The highest BCUT2D eigenvalue weighted by atomic mass is 16.4. The maximum Gasteiger partial charge on any atom is 0.336 e. The number of aromatic carboxylic acids is 2. The Balaban J connectivity index is 2.55. The largest absolute Gasteiger partial charge is 0.478 e. The SMILES string of the molecule is CN1C=CN(C)C1c1cc(C(=O)O)ccc1C(=O)O. The van der Waals surface area contributed by atoms with Crippen LogP contribution < -0.4 is 0 Å². The van der Waals surface area contributed by atoms with Crippen molar-refractivity contribution in [3.63, 3.8) is 0 Å². The minimum atomic E-state index is -1.07. The van der Waals surface area contributed by atoms with Crippen molar-refractivity contribution in [2.45, 2.75) is 6.17 Å². The Morgan fingerprint density at radius 2 is 1.63 bits per heavy atom. The molecule has 0 spiro atoms. The van der Waals surface area contributed by atoms with Crippen LogP contribution in [0.2, 0.25) is 0 Å². The lowest BCUT2D eigenvalue weighted by molar-refractivity contribution is 0.0676. The monoisotopic (exact) mass is 262 g/mol. The molecule has 0 amide bonds. The first kappa shape index (κ1) is 12.9. The first-order valence-electron chi connectivity index (χ1n) is 5.64. The normalized spacial score (nSPS) is 15.1. The van der Waals surface area contributed by atoms with Gasteiger partial charge in [-0.05, 0) is 18.2 Å². The minimum absolute atomic E-state index is 0.0775. The molecule has 1 aliphatic rings. The molecule has 2 N–H and O–H groups in total. The topological polar surface area (TPSA) is 81.1 Å². The van der Waals surface area contributed by atoms with E-state index in [4.69, 9.17) is 5.11 Å². The second-order valence-electron chi connectivity index (χ2n) is 4.42. The molecule has 6 nitrogen and oxygen atoms in total.